The molecule has 2 heterocycles. The molecule has 1 aromatic carbocycles. The number of imidazole rings is 1. The Labute approximate surface area is 122 Å². The summed E-state index contributed by atoms with van der Waals surface area (Å²) in [7, 11) is 0. The Morgan fingerprint density at radius 2 is 1.95 bits per heavy atom. The van der Waals surface area contributed by atoms with Crippen molar-refractivity contribution >= 4 is 34.4 Å². The first kappa shape index (κ1) is 13.3. The van der Waals surface area contributed by atoms with Gasteiger partial charge in [-0.3, -0.25) is 0 Å². The van der Waals surface area contributed by atoms with Gasteiger partial charge in [0, 0.05) is 6.42 Å². The van der Waals surface area contributed by atoms with Gasteiger partial charge < -0.3 is 4.98 Å². The number of halogens is 4. The fraction of sp³-hybridized carbons (Fsp3) is 0.0769. The normalized spacial score (nSPS) is 11.2. The van der Waals surface area contributed by atoms with Gasteiger partial charge in [-0.1, -0.05) is 35.3 Å². The third-order valence-electron chi connectivity index (χ3n) is 2.82. The van der Waals surface area contributed by atoms with Crippen LogP contribution in [0.5, 0.6) is 0 Å². The largest absolute Gasteiger partial charge is 0.340 e. The number of fused-ring (bicyclic) bond motifs is 1. The van der Waals surface area contributed by atoms with Crippen LogP contribution in [0.15, 0.2) is 24.3 Å². The van der Waals surface area contributed by atoms with Crippen molar-refractivity contribution in [2.45, 2.75) is 6.42 Å². The predicted octanol–water partition coefficient (Wildman–Crippen LogP) is 4.13. The highest BCUT2D eigenvalue weighted by molar-refractivity contribution is 6.41. The van der Waals surface area contributed by atoms with Gasteiger partial charge in [0.05, 0.1) is 10.5 Å². The van der Waals surface area contributed by atoms with Crippen LogP contribution in [-0.4, -0.2) is 15.0 Å². The van der Waals surface area contributed by atoms with Gasteiger partial charge >= 0.3 is 0 Å². The van der Waals surface area contributed by atoms with Crippen molar-refractivity contribution in [3.8, 4) is 0 Å². The van der Waals surface area contributed by atoms with Gasteiger partial charge in [-0.2, -0.15) is 0 Å². The number of nitrogens with one attached hydrogen (secondary N) is 1. The number of benzene rings is 1. The molecular formula is C13H7Cl2F2N3. The lowest BCUT2D eigenvalue weighted by atomic mass is 10.1. The molecule has 0 saturated carbocycles. The van der Waals surface area contributed by atoms with E-state index in [4.69, 9.17) is 23.2 Å². The van der Waals surface area contributed by atoms with Crippen LogP contribution in [0.25, 0.3) is 11.2 Å². The Bertz CT molecular complexity index is 763. The van der Waals surface area contributed by atoms with E-state index in [2.05, 4.69) is 15.0 Å². The summed E-state index contributed by atoms with van der Waals surface area (Å²) in [6.45, 7) is 0. The second-order valence-corrected chi connectivity index (χ2v) is 4.97. The minimum absolute atomic E-state index is 0.120. The van der Waals surface area contributed by atoms with E-state index in [-0.39, 0.29) is 17.1 Å². The molecule has 0 bridgehead atoms. The molecule has 0 unspecified atom stereocenters. The summed E-state index contributed by atoms with van der Waals surface area (Å²) in [5.74, 6) is -1.31. The van der Waals surface area contributed by atoms with Crippen molar-refractivity contribution in [1.82, 2.24) is 15.0 Å². The number of rotatable bonds is 2. The zero-order valence-electron chi connectivity index (χ0n) is 9.92. The summed E-state index contributed by atoms with van der Waals surface area (Å²) < 4.78 is 26.7. The lowest BCUT2D eigenvalue weighted by Crippen LogP contribution is -1.97. The number of H-pyrrole nitrogens is 1. The van der Waals surface area contributed by atoms with E-state index in [1.165, 1.54) is 12.1 Å². The third-order valence-corrected chi connectivity index (χ3v) is 3.50. The molecule has 0 aliphatic rings. The van der Waals surface area contributed by atoms with E-state index >= 15 is 0 Å². The smallest absolute Gasteiger partial charge is 0.179 e. The average Bonchev–Trinajstić information content (AvgIpc) is 2.77. The third kappa shape index (κ3) is 2.34. The van der Waals surface area contributed by atoms with Crippen LogP contribution in [0.2, 0.25) is 10.2 Å². The number of hydrogen-bond acceptors (Lipinski definition) is 2. The summed E-state index contributed by atoms with van der Waals surface area (Å²) in [6.07, 6.45) is 0.120. The highest BCUT2D eigenvalue weighted by Crippen LogP contribution is 2.24. The molecule has 20 heavy (non-hydrogen) atoms. The van der Waals surface area contributed by atoms with Crippen LogP contribution in [-0.2, 0) is 6.42 Å². The maximum atomic E-state index is 13.6. The minimum Gasteiger partial charge on any atom is -0.340 e. The fourth-order valence-electron chi connectivity index (χ4n) is 1.89. The number of pyridine rings is 1. The van der Waals surface area contributed by atoms with Crippen molar-refractivity contribution in [2.75, 3.05) is 0 Å². The second kappa shape index (κ2) is 5.00. The molecule has 0 saturated heterocycles. The molecule has 0 fully saturated rings. The first-order valence-electron chi connectivity index (χ1n) is 5.68. The Morgan fingerprint density at radius 1 is 1.15 bits per heavy atom. The lowest BCUT2D eigenvalue weighted by Gasteiger charge is -2.00. The number of aromatic amines is 1. The van der Waals surface area contributed by atoms with Gasteiger partial charge in [-0.15, -0.1) is 0 Å². The standard InChI is InChI=1S/C13H7Cl2F2N3/c14-7-5-9-13(20-12(7)15)19-10(18-9)4-6-2-1-3-8(16)11(6)17/h1-3,5H,4H2,(H,18,19,20). The monoisotopic (exact) mass is 313 g/mol. The first-order chi connectivity index (χ1) is 9.54. The van der Waals surface area contributed by atoms with Crippen LogP contribution in [0.3, 0.4) is 0 Å². The van der Waals surface area contributed by atoms with Crippen molar-refractivity contribution in [3.05, 3.63) is 57.5 Å². The van der Waals surface area contributed by atoms with E-state index in [9.17, 15) is 8.78 Å². The number of aromatic nitrogens is 3. The van der Waals surface area contributed by atoms with Crippen LogP contribution < -0.4 is 0 Å². The molecule has 3 nitrogen and oxygen atoms in total. The quantitative estimate of drug-likeness (QED) is 0.723. The summed E-state index contributed by atoms with van der Waals surface area (Å²) in [5, 5.41) is 0.445. The Kier molecular flexibility index (Phi) is 3.31. The Morgan fingerprint density at radius 3 is 2.75 bits per heavy atom. The lowest BCUT2D eigenvalue weighted by molar-refractivity contribution is 0.500. The Balaban J connectivity index is 2.01. The molecule has 3 aromatic rings. The molecule has 0 radical (unpaired) electrons. The minimum atomic E-state index is -0.886. The SMILES string of the molecule is Fc1cccc(Cc2nc3nc(Cl)c(Cl)cc3[nH]2)c1F. The summed E-state index contributed by atoms with van der Waals surface area (Å²) >= 11 is 11.6. The van der Waals surface area contributed by atoms with E-state index in [0.29, 0.717) is 22.0 Å². The number of hydrogen-bond donors (Lipinski definition) is 1. The van der Waals surface area contributed by atoms with Crippen LogP contribution in [0.4, 0.5) is 8.78 Å². The van der Waals surface area contributed by atoms with Gasteiger partial charge in [-0.05, 0) is 17.7 Å². The van der Waals surface area contributed by atoms with Crippen LogP contribution >= 0.6 is 23.2 Å². The van der Waals surface area contributed by atoms with E-state index < -0.39 is 11.6 Å². The summed E-state index contributed by atoms with van der Waals surface area (Å²) in [5.41, 5.74) is 1.18. The summed E-state index contributed by atoms with van der Waals surface area (Å²) in [4.78, 5) is 11.1. The Hall–Kier alpha value is -1.72. The molecule has 0 atom stereocenters. The topological polar surface area (TPSA) is 41.6 Å². The highest BCUT2D eigenvalue weighted by Gasteiger charge is 2.12. The van der Waals surface area contributed by atoms with Crippen LogP contribution in [0, 0.1) is 11.6 Å². The molecule has 0 aliphatic carbocycles. The summed E-state index contributed by atoms with van der Waals surface area (Å²) in [6, 6.07) is 5.60. The van der Waals surface area contributed by atoms with Gasteiger partial charge in [-0.25, -0.2) is 18.7 Å². The van der Waals surface area contributed by atoms with Gasteiger partial charge in [0.25, 0.3) is 0 Å². The van der Waals surface area contributed by atoms with Crippen LogP contribution in [0.1, 0.15) is 11.4 Å². The van der Waals surface area contributed by atoms with Crippen molar-refractivity contribution < 1.29 is 8.78 Å². The van der Waals surface area contributed by atoms with Gasteiger partial charge in [0.2, 0.25) is 0 Å². The molecule has 0 amide bonds. The maximum absolute atomic E-state index is 13.6. The molecule has 7 heteroatoms. The zero-order chi connectivity index (χ0) is 14.3. The molecule has 0 spiro atoms. The molecule has 2 aromatic heterocycles. The number of nitrogens with zero attached hydrogens (tertiary/aromatic N) is 2. The molecule has 3 rings (SSSR count). The molecular weight excluding hydrogens is 307 g/mol. The van der Waals surface area contributed by atoms with Crippen molar-refractivity contribution in [3.63, 3.8) is 0 Å². The van der Waals surface area contributed by atoms with Crippen molar-refractivity contribution in [1.29, 1.82) is 0 Å². The van der Waals surface area contributed by atoms with E-state index in [1.807, 2.05) is 0 Å². The average molecular weight is 314 g/mol. The highest BCUT2D eigenvalue weighted by atomic mass is 35.5. The first-order valence-corrected chi connectivity index (χ1v) is 6.43. The van der Waals surface area contributed by atoms with E-state index in [0.717, 1.165) is 6.07 Å². The van der Waals surface area contributed by atoms with Gasteiger partial charge in [0.15, 0.2) is 17.3 Å². The molecule has 102 valence electrons. The van der Waals surface area contributed by atoms with E-state index in [1.54, 1.807) is 6.07 Å². The van der Waals surface area contributed by atoms with Crippen molar-refractivity contribution in [2.24, 2.45) is 0 Å². The molecule has 1 N–H and O–H groups in total. The fourth-order valence-corrected chi connectivity index (χ4v) is 2.18. The van der Waals surface area contributed by atoms with Gasteiger partial charge in [0.1, 0.15) is 11.0 Å². The second-order valence-electron chi connectivity index (χ2n) is 4.21. The maximum Gasteiger partial charge on any atom is 0.179 e. The predicted molar refractivity (Wildman–Crippen MR) is 73.1 cm³/mol. The molecule has 0 aliphatic heterocycles. The zero-order valence-corrected chi connectivity index (χ0v) is 11.4.